The summed E-state index contributed by atoms with van der Waals surface area (Å²) in [7, 11) is 0. The predicted molar refractivity (Wildman–Crippen MR) is 56.4 cm³/mol. The van der Waals surface area contributed by atoms with Crippen molar-refractivity contribution >= 4 is 12.6 Å². The lowest BCUT2D eigenvalue weighted by atomic mass is 10.0. The van der Waals surface area contributed by atoms with Crippen molar-refractivity contribution in [3.63, 3.8) is 0 Å². The van der Waals surface area contributed by atoms with Crippen LogP contribution in [0.25, 0.3) is 0 Å². The van der Waals surface area contributed by atoms with Crippen molar-refractivity contribution in [3.8, 4) is 11.8 Å². The third-order valence-corrected chi connectivity index (χ3v) is 2.31. The zero-order valence-electron chi connectivity index (χ0n) is 8.09. The Bertz CT molecular complexity index is 174. The minimum atomic E-state index is -0.948. The van der Waals surface area contributed by atoms with Gasteiger partial charge in [-0.15, -0.1) is 5.92 Å². The Balaban J connectivity index is 3.92. The first kappa shape index (κ1) is 11.9. The average Bonchev–Trinajstić information content (AvgIpc) is 1.98. The Morgan fingerprint density at radius 1 is 1.58 bits per heavy atom. The second-order valence-electron chi connectivity index (χ2n) is 3.23. The Hall–Kier alpha value is -0.130. The molecule has 0 radical (unpaired) electrons. The predicted octanol–water partition coefficient (Wildman–Crippen LogP) is 2.25. The average molecular weight is 186 g/mol. The summed E-state index contributed by atoms with van der Waals surface area (Å²) in [5.74, 6) is 5.78. The molecule has 1 N–H and O–H groups in total. The van der Waals surface area contributed by atoms with Gasteiger partial charge in [0.05, 0.1) is 0 Å². The molecule has 1 nitrogen and oxygen atoms in total. The summed E-state index contributed by atoms with van der Waals surface area (Å²) in [4.78, 5) is 0. The molecule has 0 aromatic carbocycles. The monoisotopic (exact) mass is 186 g/mol. The molecule has 0 fully saturated rings. The summed E-state index contributed by atoms with van der Waals surface area (Å²) in [5, 5.41) is 9.54. The maximum absolute atomic E-state index is 9.64. The first-order valence-electron chi connectivity index (χ1n) is 4.41. The molecule has 0 aliphatic heterocycles. The second kappa shape index (κ2) is 5.50. The third kappa shape index (κ3) is 4.69. The summed E-state index contributed by atoms with van der Waals surface area (Å²) in [6, 6.07) is 0. The van der Waals surface area contributed by atoms with Crippen LogP contribution in [-0.4, -0.2) is 16.0 Å². The highest BCUT2D eigenvalue weighted by molar-refractivity contribution is 7.81. The van der Waals surface area contributed by atoms with E-state index in [1.54, 1.807) is 6.92 Å². The van der Waals surface area contributed by atoms with E-state index in [9.17, 15) is 5.11 Å². The molecular formula is C10H18OS. The van der Waals surface area contributed by atoms with Gasteiger partial charge in [-0.1, -0.05) is 19.3 Å². The molecule has 0 rings (SSSR count). The number of hydrogen-bond acceptors (Lipinski definition) is 2. The minimum absolute atomic E-state index is 0.105. The topological polar surface area (TPSA) is 20.2 Å². The summed E-state index contributed by atoms with van der Waals surface area (Å²) in [5.41, 5.74) is -0.948. The van der Waals surface area contributed by atoms with Gasteiger partial charge in [0.25, 0.3) is 0 Å². The van der Waals surface area contributed by atoms with Crippen LogP contribution in [0.2, 0.25) is 0 Å². The van der Waals surface area contributed by atoms with Crippen molar-refractivity contribution in [2.75, 3.05) is 0 Å². The third-order valence-electron chi connectivity index (χ3n) is 1.81. The molecule has 70 valence electrons. The van der Waals surface area contributed by atoms with Gasteiger partial charge < -0.3 is 5.11 Å². The highest BCUT2D eigenvalue weighted by Gasteiger charge is 2.21. The Morgan fingerprint density at radius 2 is 2.17 bits per heavy atom. The van der Waals surface area contributed by atoms with Crippen molar-refractivity contribution in [2.24, 2.45) is 0 Å². The number of hydrogen-bond donors (Lipinski definition) is 2. The van der Waals surface area contributed by atoms with Crippen LogP contribution in [-0.2, 0) is 0 Å². The van der Waals surface area contributed by atoms with E-state index in [0.29, 0.717) is 0 Å². The normalized spacial score (nSPS) is 17.4. The SMILES string of the molecule is CCCCC#CC(C)(O)C(C)S. The van der Waals surface area contributed by atoms with Crippen LogP contribution in [0, 0.1) is 11.8 Å². The van der Waals surface area contributed by atoms with Crippen LogP contribution < -0.4 is 0 Å². The fraction of sp³-hybridized carbons (Fsp3) is 0.800. The zero-order chi connectivity index (χ0) is 9.61. The molecule has 0 heterocycles. The second-order valence-corrected chi connectivity index (χ2v) is 4.00. The van der Waals surface area contributed by atoms with E-state index < -0.39 is 5.60 Å². The van der Waals surface area contributed by atoms with Gasteiger partial charge in [0.2, 0.25) is 0 Å². The molecule has 0 amide bonds. The molecule has 0 bridgehead atoms. The minimum Gasteiger partial charge on any atom is -0.377 e. The van der Waals surface area contributed by atoms with E-state index >= 15 is 0 Å². The molecule has 0 saturated heterocycles. The number of thiol groups is 1. The van der Waals surface area contributed by atoms with E-state index in [1.807, 2.05) is 6.92 Å². The Kier molecular flexibility index (Phi) is 5.44. The number of aliphatic hydroxyl groups is 1. The van der Waals surface area contributed by atoms with Gasteiger partial charge >= 0.3 is 0 Å². The van der Waals surface area contributed by atoms with Crippen LogP contribution in [0.15, 0.2) is 0 Å². The Morgan fingerprint density at radius 3 is 2.58 bits per heavy atom. The lowest BCUT2D eigenvalue weighted by molar-refractivity contribution is 0.124. The molecule has 2 atom stereocenters. The van der Waals surface area contributed by atoms with Crippen molar-refractivity contribution in [3.05, 3.63) is 0 Å². The van der Waals surface area contributed by atoms with Crippen LogP contribution in [0.3, 0.4) is 0 Å². The van der Waals surface area contributed by atoms with Crippen LogP contribution in [0.5, 0.6) is 0 Å². The van der Waals surface area contributed by atoms with Gasteiger partial charge in [-0.25, -0.2) is 0 Å². The molecule has 0 saturated carbocycles. The fourth-order valence-electron chi connectivity index (χ4n) is 0.611. The van der Waals surface area contributed by atoms with E-state index in [4.69, 9.17) is 0 Å². The highest BCUT2D eigenvalue weighted by atomic mass is 32.1. The molecular weight excluding hydrogens is 168 g/mol. The van der Waals surface area contributed by atoms with E-state index in [-0.39, 0.29) is 5.25 Å². The smallest absolute Gasteiger partial charge is 0.133 e. The van der Waals surface area contributed by atoms with Crippen LogP contribution in [0.4, 0.5) is 0 Å². The molecule has 2 heteroatoms. The van der Waals surface area contributed by atoms with Crippen molar-refractivity contribution in [1.82, 2.24) is 0 Å². The number of unbranched alkanes of at least 4 members (excludes halogenated alkanes) is 2. The maximum Gasteiger partial charge on any atom is 0.133 e. The molecule has 0 aliphatic rings. The van der Waals surface area contributed by atoms with Gasteiger partial charge in [-0.2, -0.15) is 12.6 Å². The summed E-state index contributed by atoms with van der Waals surface area (Å²) in [6.45, 7) is 5.67. The van der Waals surface area contributed by atoms with Crippen molar-refractivity contribution < 1.29 is 5.11 Å². The molecule has 0 aliphatic carbocycles. The standard InChI is InChI=1S/C10H18OS/c1-4-5-6-7-8-10(3,11)9(2)12/h9,11-12H,4-6H2,1-3H3. The van der Waals surface area contributed by atoms with Gasteiger partial charge in [-0.05, 0) is 20.3 Å². The first-order valence-corrected chi connectivity index (χ1v) is 4.92. The zero-order valence-corrected chi connectivity index (χ0v) is 8.99. The van der Waals surface area contributed by atoms with E-state index in [0.717, 1.165) is 19.3 Å². The first-order chi connectivity index (χ1) is 5.50. The summed E-state index contributed by atoms with van der Waals surface area (Å²) < 4.78 is 0. The Labute approximate surface area is 81.0 Å². The van der Waals surface area contributed by atoms with Crippen LogP contribution >= 0.6 is 12.6 Å². The molecule has 0 spiro atoms. The van der Waals surface area contributed by atoms with Crippen molar-refractivity contribution in [1.29, 1.82) is 0 Å². The van der Waals surface area contributed by atoms with E-state index in [2.05, 4.69) is 31.4 Å². The molecule has 0 aromatic rings. The van der Waals surface area contributed by atoms with Gasteiger partial charge in [0, 0.05) is 11.7 Å². The molecule has 0 aromatic heterocycles. The van der Waals surface area contributed by atoms with Crippen molar-refractivity contribution in [2.45, 2.75) is 50.9 Å². The quantitative estimate of drug-likeness (QED) is 0.393. The highest BCUT2D eigenvalue weighted by Crippen LogP contribution is 2.13. The maximum atomic E-state index is 9.64. The lowest BCUT2D eigenvalue weighted by Crippen LogP contribution is -2.31. The molecule has 2 unspecified atom stereocenters. The van der Waals surface area contributed by atoms with E-state index in [1.165, 1.54) is 0 Å². The number of rotatable bonds is 3. The van der Waals surface area contributed by atoms with Gasteiger partial charge in [0.15, 0.2) is 0 Å². The summed E-state index contributed by atoms with van der Waals surface area (Å²) in [6.07, 6.45) is 3.12. The largest absolute Gasteiger partial charge is 0.377 e. The molecule has 12 heavy (non-hydrogen) atoms. The fourth-order valence-corrected chi connectivity index (χ4v) is 0.676. The summed E-state index contributed by atoms with van der Waals surface area (Å²) >= 11 is 4.15. The van der Waals surface area contributed by atoms with Gasteiger partial charge in [0.1, 0.15) is 5.60 Å². The lowest BCUT2D eigenvalue weighted by Gasteiger charge is -2.19. The van der Waals surface area contributed by atoms with Crippen LogP contribution in [0.1, 0.15) is 40.0 Å². The van der Waals surface area contributed by atoms with Gasteiger partial charge in [-0.3, -0.25) is 0 Å².